The number of nitrogens with one attached hydrogen (secondary N) is 1. The third kappa shape index (κ3) is 4.23. The Hall–Kier alpha value is -1.04. The van der Waals surface area contributed by atoms with Gasteiger partial charge in [-0.3, -0.25) is 4.79 Å². The summed E-state index contributed by atoms with van der Waals surface area (Å²) in [5.41, 5.74) is 0.672. The second-order valence-corrected chi connectivity index (χ2v) is 7.68. The first kappa shape index (κ1) is 15.4. The molecule has 0 radical (unpaired) electrons. The first-order chi connectivity index (χ1) is 9.35. The van der Waals surface area contributed by atoms with Crippen molar-refractivity contribution in [2.24, 2.45) is 0 Å². The van der Waals surface area contributed by atoms with E-state index in [1.54, 1.807) is 24.3 Å². The van der Waals surface area contributed by atoms with Crippen LogP contribution >= 0.6 is 23.2 Å². The highest BCUT2D eigenvalue weighted by atomic mass is 35.5. The lowest BCUT2D eigenvalue weighted by Gasteiger charge is -2.08. The molecule has 1 aliphatic heterocycles. The lowest BCUT2D eigenvalue weighted by atomic mass is 10.2. The van der Waals surface area contributed by atoms with Gasteiger partial charge in [-0.15, -0.1) is 0 Å². The Balaban J connectivity index is 1.96. The highest BCUT2D eigenvalue weighted by molar-refractivity contribution is 7.91. The van der Waals surface area contributed by atoms with Gasteiger partial charge in [0.1, 0.15) is 0 Å². The smallest absolute Gasteiger partial charge is 0.244 e. The van der Waals surface area contributed by atoms with E-state index in [1.807, 2.05) is 0 Å². The molecule has 1 N–H and O–H groups in total. The maximum Gasteiger partial charge on any atom is 0.244 e. The molecule has 1 aromatic carbocycles. The minimum absolute atomic E-state index is 0.00822. The van der Waals surface area contributed by atoms with Gasteiger partial charge in [0.2, 0.25) is 5.91 Å². The Morgan fingerprint density at radius 1 is 1.35 bits per heavy atom. The lowest BCUT2D eigenvalue weighted by molar-refractivity contribution is -0.116. The number of rotatable bonds is 3. The fourth-order valence-corrected chi connectivity index (χ4v) is 4.11. The predicted molar refractivity (Wildman–Crippen MR) is 80.7 cm³/mol. The summed E-state index contributed by atoms with van der Waals surface area (Å²) in [5, 5.41) is 3.63. The number of sulfone groups is 1. The minimum atomic E-state index is -2.99. The summed E-state index contributed by atoms with van der Waals surface area (Å²) >= 11 is 11.7. The average molecular weight is 334 g/mol. The van der Waals surface area contributed by atoms with E-state index in [0.29, 0.717) is 22.0 Å². The summed E-state index contributed by atoms with van der Waals surface area (Å²) < 4.78 is 22.6. The molecular weight excluding hydrogens is 321 g/mol. The van der Waals surface area contributed by atoms with Gasteiger partial charge in [0.15, 0.2) is 9.84 Å². The van der Waals surface area contributed by atoms with Crippen LogP contribution < -0.4 is 5.32 Å². The van der Waals surface area contributed by atoms with Gasteiger partial charge in [0, 0.05) is 22.2 Å². The van der Waals surface area contributed by atoms with Crippen LogP contribution in [0.4, 0.5) is 0 Å². The zero-order valence-corrected chi connectivity index (χ0v) is 12.8. The van der Waals surface area contributed by atoms with E-state index in [0.717, 1.165) is 0 Å². The zero-order valence-electron chi connectivity index (χ0n) is 10.5. The molecule has 108 valence electrons. The Labute approximate surface area is 127 Å². The van der Waals surface area contributed by atoms with Crippen molar-refractivity contribution in [1.82, 2.24) is 5.32 Å². The third-order valence-electron chi connectivity index (χ3n) is 2.96. The number of carbonyl (C=O) groups is 1. The van der Waals surface area contributed by atoms with E-state index < -0.39 is 9.84 Å². The van der Waals surface area contributed by atoms with Gasteiger partial charge in [0.25, 0.3) is 0 Å². The summed E-state index contributed by atoms with van der Waals surface area (Å²) in [7, 11) is -2.99. The number of halogens is 2. The monoisotopic (exact) mass is 333 g/mol. The molecule has 1 unspecified atom stereocenters. The van der Waals surface area contributed by atoms with Gasteiger partial charge in [-0.1, -0.05) is 29.3 Å². The molecule has 2 rings (SSSR count). The highest BCUT2D eigenvalue weighted by Gasteiger charge is 2.28. The number of amides is 1. The van der Waals surface area contributed by atoms with Crippen molar-refractivity contribution in [2.75, 3.05) is 11.5 Å². The summed E-state index contributed by atoms with van der Waals surface area (Å²) in [4.78, 5) is 11.7. The average Bonchev–Trinajstić information content (AvgIpc) is 2.67. The van der Waals surface area contributed by atoms with Crippen LogP contribution in [0.2, 0.25) is 10.0 Å². The fraction of sp³-hybridized carbons (Fsp3) is 0.308. The van der Waals surface area contributed by atoms with Crippen LogP contribution in [0.5, 0.6) is 0 Å². The van der Waals surface area contributed by atoms with Crippen LogP contribution in [0, 0.1) is 0 Å². The van der Waals surface area contributed by atoms with E-state index >= 15 is 0 Å². The SMILES string of the molecule is O=C(C=Cc1ccc(Cl)cc1Cl)NC1CCS(=O)(=O)C1. The van der Waals surface area contributed by atoms with E-state index in [4.69, 9.17) is 23.2 Å². The molecule has 1 amide bonds. The molecule has 1 saturated heterocycles. The van der Waals surface area contributed by atoms with E-state index in [1.165, 1.54) is 6.08 Å². The Morgan fingerprint density at radius 2 is 2.10 bits per heavy atom. The Kier molecular flexibility index (Phi) is 4.73. The van der Waals surface area contributed by atoms with Crippen molar-refractivity contribution in [3.05, 3.63) is 39.9 Å². The van der Waals surface area contributed by atoms with Crippen LogP contribution in [-0.2, 0) is 14.6 Å². The molecular formula is C13H13Cl2NO3S. The minimum Gasteiger partial charge on any atom is -0.349 e. The first-order valence-electron chi connectivity index (χ1n) is 6.00. The van der Waals surface area contributed by atoms with Crippen LogP contribution in [0.3, 0.4) is 0 Å². The van der Waals surface area contributed by atoms with E-state index in [9.17, 15) is 13.2 Å². The molecule has 1 aromatic rings. The van der Waals surface area contributed by atoms with Crippen molar-refractivity contribution >= 4 is 45.0 Å². The van der Waals surface area contributed by atoms with Crippen molar-refractivity contribution in [2.45, 2.75) is 12.5 Å². The molecule has 0 spiro atoms. The second-order valence-electron chi connectivity index (χ2n) is 4.61. The standard InChI is InChI=1S/C13H13Cl2NO3S/c14-10-3-1-9(12(15)7-10)2-4-13(17)16-11-5-6-20(18,19)8-11/h1-4,7,11H,5-6,8H2,(H,16,17). The van der Waals surface area contributed by atoms with Crippen LogP contribution in [0.25, 0.3) is 6.08 Å². The van der Waals surface area contributed by atoms with Crippen LogP contribution in [-0.4, -0.2) is 31.9 Å². The van der Waals surface area contributed by atoms with Crippen LogP contribution in [0.15, 0.2) is 24.3 Å². The predicted octanol–water partition coefficient (Wildman–Crippen LogP) is 2.31. The zero-order chi connectivity index (χ0) is 14.8. The number of hydrogen-bond acceptors (Lipinski definition) is 3. The molecule has 1 fully saturated rings. The second kappa shape index (κ2) is 6.16. The van der Waals surface area contributed by atoms with Crippen molar-refractivity contribution in [3.8, 4) is 0 Å². The summed E-state index contributed by atoms with van der Waals surface area (Å²) in [5.74, 6) is -0.197. The van der Waals surface area contributed by atoms with Gasteiger partial charge in [-0.05, 0) is 30.2 Å². The summed E-state index contributed by atoms with van der Waals surface area (Å²) in [6, 6.07) is 4.66. The topological polar surface area (TPSA) is 63.2 Å². The summed E-state index contributed by atoms with van der Waals surface area (Å²) in [6.45, 7) is 0. The van der Waals surface area contributed by atoms with Gasteiger partial charge in [-0.2, -0.15) is 0 Å². The highest BCUT2D eigenvalue weighted by Crippen LogP contribution is 2.22. The lowest BCUT2D eigenvalue weighted by Crippen LogP contribution is -2.34. The number of hydrogen-bond donors (Lipinski definition) is 1. The van der Waals surface area contributed by atoms with E-state index in [2.05, 4.69) is 5.32 Å². The van der Waals surface area contributed by atoms with E-state index in [-0.39, 0.29) is 23.5 Å². The van der Waals surface area contributed by atoms with Gasteiger partial charge >= 0.3 is 0 Å². The van der Waals surface area contributed by atoms with Crippen molar-refractivity contribution < 1.29 is 13.2 Å². The third-order valence-corrected chi connectivity index (χ3v) is 5.29. The molecule has 1 aliphatic rings. The normalized spacial score (nSPS) is 21.2. The molecule has 0 aromatic heterocycles. The van der Waals surface area contributed by atoms with Gasteiger partial charge in [0.05, 0.1) is 11.5 Å². The van der Waals surface area contributed by atoms with Gasteiger partial charge in [-0.25, -0.2) is 8.42 Å². The van der Waals surface area contributed by atoms with Crippen LogP contribution in [0.1, 0.15) is 12.0 Å². The maximum absolute atomic E-state index is 11.7. The Morgan fingerprint density at radius 3 is 2.70 bits per heavy atom. The first-order valence-corrected chi connectivity index (χ1v) is 8.57. The molecule has 4 nitrogen and oxygen atoms in total. The van der Waals surface area contributed by atoms with Crippen molar-refractivity contribution in [3.63, 3.8) is 0 Å². The molecule has 7 heteroatoms. The molecule has 1 atom stereocenters. The quantitative estimate of drug-likeness (QED) is 0.863. The molecule has 0 saturated carbocycles. The largest absolute Gasteiger partial charge is 0.349 e. The van der Waals surface area contributed by atoms with Crippen molar-refractivity contribution in [1.29, 1.82) is 0 Å². The molecule has 1 heterocycles. The number of carbonyl (C=O) groups excluding carboxylic acids is 1. The molecule has 0 aliphatic carbocycles. The Bertz CT molecular complexity index is 656. The molecule has 0 bridgehead atoms. The number of benzene rings is 1. The summed E-state index contributed by atoms with van der Waals surface area (Å²) in [6.07, 6.45) is 3.36. The maximum atomic E-state index is 11.7. The molecule has 20 heavy (non-hydrogen) atoms. The fourth-order valence-electron chi connectivity index (χ4n) is 1.96. The van der Waals surface area contributed by atoms with Gasteiger partial charge < -0.3 is 5.32 Å².